The Morgan fingerprint density at radius 2 is 1.78 bits per heavy atom. The number of nitrogens with one attached hydrogen (secondary N) is 1. The number of para-hydroxylation sites is 1. The Labute approximate surface area is 262 Å². The minimum atomic E-state index is -0.986. The first-order chi connectivity index (χ1) is 21.7. The molecule has 0 saturated carbocycles. The lowest BCUT2D eigenvalue weighted by molar-refractivity contribution is -0.123. The number of amides is 2. The molecule has 0 spiro atoms. The van der Waals surface area contributed by atoms with Gasteiger partial charge in [-0.25, -0.2) is 4.39 Å². The van der Waals surface area contributed by atoms with Crippen LogP contribution in [0, 0.1) is 23.6 Å². The zero-order chi connectivity index (χ0) is 32.1. The zero-order valence-electron chi connectivity index (χ0n) is 25.4. The second-order valence-corrected chi connectivity index (χ2v) is 11.6. The fourth-order valence-electron chi connectivity index (χ4n) is 6.58. The van der Waals surface area contributed by atoms with Gasteiger partial charge in [0.2, 0.25) is 11.8 Å². The van der Waals surface area contributed by atoms with Gasteiger partial charge in [0.1, 0.15) is 0 Å². The Kier molecular flexibility index (Phi) is 10.1. The van der Waals surface area contributed by atoms with Gasteiger partial charge in [-0.15, -0.1) is 0 Å². The van der Waals surface area contributed by atoms with E-state index in [2.05, 4.69) is 5.32 Å². The van der Waals surface area contributed by atoms with E-state index in [4.69, 9.17) is 4.74 Å². The standard InChI is InChI=1S/C36H39FN2O6/c1-3-22(17-23-10-15-31(41)30(37)18-23)9-16-32(42)33-24(21-45-2)19-28-34(29(33)20-40)36(44)39(35(28)43)27-13-11-26(12-14-27)38-25-7-5-4-6-8-25/h4-8,10-15,17-18,28-29,32,34,38,40-42H,3,9,16,19-21H2,1-2H3/b22-17+/t28-,29+,32-,34-/m1/s1. The molecular formula is C36H39FN2O6. The fraction of sp³-hybridized carbons (Fsp3) is 0.333. The van der Waals surface area contributed by atoms with Gasteiger partial charge in [0, 0.05) is 24.4 Å². The van der Waals surface area contributed by atoms with Gasteiger partial charge in [0.25, 0.3) is 0 Å². The monoisotopic (exact) mass is 614 g/mol. The van der Waals surface area contributed by atoms with Gasteiger partial charge in [-0.05, 0) is 90.9 Å². The highest BCUT2D eigenvalue weighted by Crippen LogP contribution is 2.47. The van der Waals surface area contributed by atoms with E-state index in [0.717, 1.165) is 22.5 Å². The van der Waals surface area contributed by atoms with Crippen LogP contribution in [0.3, 0.4) is 0 Å². The largest absolute Gasteiger partial charge is 0.505 e. The SMILES string of the molecule is CC/C(=C\c1ccc(O)c(F)c1)CC[C@@H](O)C1=C(COC)C[C@H]2C(=O)N(c3ccc(Nc4ccccc4)cc3)C(=O)[C@H]2[C@H]1CO. The van der Waals surface area contributed by atoms with Gasteiger partial charge >= 0.3 is 0 Å². The van der Waals surface area contributed by atoms with Crippen LogP contribution in [0.1, 0.15) is 38.2 Å². The van der Waals surface area contributed by atoms with Crippen LogP contribution in [0.2, 0.25) is 0 Å². The van der Waals surface area contributed by atoms with Gasteiger partial charge in [0.05, 0.1) is 36.8 Å². The van der Waals surface area contributed by atoms with Crippen LogP contribution in [0.25, 0.3) is 6.08 Å². The molecule has 2 amide bonds. The van der Waals surface area contributed by atoms with Crippen molar-refractivity contribution < 1.29 is 34.0 Å². The van der Waals surface area contributed by atoms with Gasteiger partial charge < -0.3 is 25.4 Å². The Morgan fingerprint density at radius 3 is 2.42 bits per heavy atom. The maximum Gasteiger partial charge on any atom is 0.238 e. The summed E-state index contributed by atoms with van der Waals surface area (Å²) >= 11 is 0. The minimum Gasteiger partial charge on any atom is -0.505 e. The average Bonchev–Trinajstić information content (AvgIpc) is 3.29. The molecular weight excluding hydrogens is 575 g/mol. The van der Waals surface area contributed by atoms with Crippen molar-refractivity contribution in [1.29, 1.82) is 0 Å². The van der Waals surface area contributed by atoms with Crippen molar-refractivity contribution in [1.82, 2.24) is 0 Å². The lowest BCUT2D eigenvalue weighted by Gasteiger charge is -2.36. The lowest BCUT2D eigenvalue weighted by Crippen LogP contribution is -2.39. The molecule has 1 aliphatic carbocycles. The predicted molar refractivity (Wildman–Crippen MR) is 171 cm³/mol. The highest BCUT2D eigenvalue weighted by molar-refractivity contribution is 6.22. The molecule has 8 nitrogen and oxygen atoms in total. The second-order valence-electron chi connectivity index (χ2n) is 11.6. The van der Waals surface area contributed by atoms with Gasteiger partial charge in [-0.2, -0.15) is 0 Å². The zero-order valence-corrected chi connectivity index (χ0v) is 25.4. The summed E-state index contributed by atoms with van der Waals surface area (Å²) < 4.78 is 19.3. The Morgan fingerprint density at radius 1 is 1.07 bits per heavy atom. The number of nitrogens with zero attached hydrogens (tertiary/aromatic N) is 1. The highest BCUT2D eigenvalue weighted by Gasteiger charge is 2.55. The molecule has 1 saturated heterocycles. The molecule has 0 aromatic heterocycles. The third kappa shape index (κ3) is 6.86. The molecule has 3 aromatic rings. The number of carbonyl (C=O) groups is 2. The number of fused-ring (bicyclic) bond motifs is 1. The molecule has 0 unspecified atom stereocenters. The molecule has 3 aromatic carbocycles. The number of aliphatic hydroxyl groups excluding tert-OH is 2. The number of carbonyl (C=O) groups excluding carboxylic acids is 2. The van der Waals surface area contributed by atoms with Crippen molar-refractivity contribution in [2.75, 3.05) is 30.5 Å². The summed E-state index contributed by atoms with van der Waals surface area (Å²) in [6.45, 7) is 1.72. The third-order valence-electron chi connectivity index (χ3n) is 8.78. The van der Waals surface area contributed by atoms with Gasteiger partial charge in [-0.1, -0.05) is 42.8 Å². The summed E-state index contributed by atoms with van der Waals surface area (Å²) in [5.41, 5.74) is 5.01. The molecule has 1 fully saturated rings. The van der Waals surface area contributed by atoms with E-state index in [9.17, 15) is 29.3 Å². The van der Waals surface area contributed by atoms with E-state index >= 15 is 0 Å². The van der Waals surface area contributed by atoms with Crippen molar-refractivity contribution in [3.63, 3.8) is 0 Å². The van der Waals surface area contributed by atoms with E-state index in [-0.39, 0.29) is 18.9 Å². The van der Waals surface area contributed by atoms with Crippen LogP contribution < -0.4 is 10.2 Å². The number of methoxy groups -OCH3 is 1. The maximum absolute atomic E-state index is 13.9. The van der Waals surface area contributed by atoms with Crippen LogP contribution in [0.15, 0.2) is 89.5 Å². The Bertz CT molecular complexity index is 1590. The van der Waals surface area contributed by atoms with Crippen LogP contribution in [0.5, 0.6) is 5.75 Å². The molecule has 4 N–H and O–H groups in total. The molecule has 0 bridgehead atoms. The first-order valence-corrected chi connectivity index (χ1v) is 15.2. The summed E-state index contributed by atoms with van der Waals surface area (Å²) in [7, 11) is 1.53. The molecule has 4 atom stereocenters. The number of anilines is 3. The molecule has 236 valence electrons. The Balaban J connectivity index is 1.35. The molecule has 45 heavy (non-hydrogen) atoms. The predicted octanol–water partition coefficient (Wildman–Crippen LogP) is 5.97. The van der Waals surface area contributed by atoms with E-state index in [0.29, 0.717) is 36.1 Å². The summed E-state index contributed by atoms with van der Waals surface area (Å²) in [5, 5.41) is 34.9. The highest BCUT2D eigenvalue weighted by atomic mass is 19.1. The van der Waals surface area contributed by atoms with E-state index in [1.807, 2.05) is 55.5 Å². The van der Waals surface area contributed by atoms with E-state index in [1.54, 1.807) is 18.2 Å². The number of rotatable bonds is 12. The summed E-state index contributed by atoms with van der Waals surface area (Å²) in [6, 6.07) is 20.9. The number of phenolic OH excluding ortho intramolecular Hbond substituents is 1. The fourth-order valence-corrected chi connectivity index (χ4v) is 6.58. The quantitative estimate of drug-likeness (QED) is 0.147. The topological polar surface area (TPSA) is 119 Å². The number of imide groups is 1. The Hall–Kier alpha value is -4.31. The van der Waals surface area contributed by atoms with Crippen molar-refractivity contribution in [2.24, 2.45) is 17.8 Å². The summed E-state index contributed by atoms with van der Waals surface area (Å²) in [6.07, 6.45) is 2.54. The van der Waals surface area contributed by atoms with Crippen molar-refractivity contribution in [3.05, 3.63) is 101 Å². The lowest BCUT2D eigenvalue weighted by atomic mass is 9.68. The first kappa shape index (κ1) is 32.1. The molecule has 1 aliphatic heterocycles. The molecule has 0 radical (unpaired) electrons. The van der Waals surface area contributed by atoms with Crippen LogP contribution >= 0.6 is 0 Å². The number of halogens is 1. The smallest absolute Gasteiger partial charge is 0.238 e. The summed E-state index contributed by atoms with van der Waals surface area (Å²) in [5.74, 6) is -4.07. The second kappa shape index (κ2) is 14.2. The van der Waals surface area contributed by atoms with Crippen LogP contribution in [-0.2, 0) is 14.3 Å². The number of hydrogen-bond donors (Lipinski definition) is 4. The number of hydrogen-bond acceptors (Lipinski definition) is 7. The molecule has 9 heteroatoms. The van der Waals surface area contributed by atoms with Crippen molar-refractivity contribution >= 4 is 35.0 Å². The van der Waals surface area contributed by atoms with Crippen molar-refractivity contribution in [3.8, 4) is 5.75 Å². The molecule has 5 rings (SSSR count). The summed E-state index contributed by atoms with van der Waals surface area (Å²) in [4.78, 5) is 28.8. The van der Waals surface area contributed by atoms with Gasteiger partial charge in [0.15, 0.2) is 11.6 Å². The third-order valence-corrected chi connectivity index (χ3v) is 8.78. The van der Waals surface area contributed by atoms with Gasteiger partial charge in [-0.3, -0.25) is 14.5 Å². The number of ether oxygens (including phenoxy) is 1. The van der Waals surface area contributed by atoms with E-state index < -0.39 is 47.9 Å². The number of phenols is 1. The minimum absolute atomic E-state index is 0.163. The number of allylic oxidation sites excluding steroid dienone is 1. The van der Waals surface area contributed by atoms with E-state index in [1.165, 1.54) is 24.1 Å². The van der Waals surface area contributed by atoms with Crippen molar-refractivity contribution in [2.45, 2.75) is 38.7 Å². The normalized spacial score (nSPS) is 20.9. The first-order valence-electron chi connectivity index (χ1n) is 15.2. The number of aromatic hydroxyl groups is 1. The molecule has 2 aliphatic rings. The average molecular weight is 615 g/mol. The van der Waals surface area contributed by atoms with Crippen LogP contribution in [0.4, 0.5) is 21.5 Å². The maximum atomic E-state index is 13.9. The van der Waals surface area contributed by atoms with Crippen LogP contribution in [-0.4, -0.2) is 53.6 Å². The molecule has 1 heterocycles. The number of benzene rings is 3. The number of aliphatic hydroxyl groups is 2.